The maximum Gasteiger partial charge on any atom is 0.168 e. The van der Waals surface area contributed by atoms with Crippen LogP contribution in [0.3, 0.4) is 0 Å². The highest BCUT2D eigenvalue weighted by atomic mass is 35.5. The largest absolute Gasteiger partial charge is 0.367 e. The van der Waals surface area contributed by atoms with Crippen LogP contribution in [0.1, 0.15) is 13.3 Å². The average molecular weight is 272 g/mol. The molecule has 1 aromatic heterocycles. The van der Waals surface area contributed by atoms with Crippen molar-refractivity contribution in [3.63, 3.8) is 0 Å². The maximum atomic E-state index is 13.1. The molecule has 3 nitrogen and oxygen atoms in total. The highest BCUT2D eigenvalue weighted by Crippen LogP contribution is 2.28. The van der Waals surface area contributed by atoms with Gasteiger partial charge in [-0.1, -0.05) is 18.5 Å². The lowest BCUT2D eigenvalue weighted by Gasteiger charge is -2.04. The zero-order chi connectivity index (χ0) is 12.3. The molecule has 17 heavy (non-hydrogen) atoms. The molecule has 0 fully saturated rings. The van der Waals surface area contributed by atoms with Gasteiger partial charge in [0.2, 0.25) is 0 Å². The molecule has 0 radical (unpaired) electrons. The van der Waals surface area contributed by atoms with Gasteiger partial charge in [-0.25, -0.2) is 4.39 Å². The summed E-state index contributed by atoms with van der Waals surface area (Å²) in [5.74, 6) is 0.293. The standard InChI is InChI=1S/C11H11ClFN3S/c1-2-5-14-11-10(15-17-16-11)7-3-4-9(13)8(12)6-7/h3-4,6H,2,5H2,1H3,(H,14,16). The summed E-state index contributed by atoms with van der Waals surface area (Å²) >= 11 is 6.87. The van der Waals surface area contributed by atoms with E-state index in [9.17, 15) is 4.39 Å². The Hall–Kier alpha value is -1.20. The van der Waals surface area contributed by atoms with Gasteiger partial charge >= 0.3 is 0 Å². The monoisotopic (exact) mass is 271 g/mol. The first kappa shape index (κ1) is 12.3. The molecule has 0 saturated carbocycles. The average Bonchev–Trinajstić information content (AvgIpc) is 2.78. The molecule has 0 amide bonds. The summed E-state index contributed by atoms with van der Waals surface area (Å²) in [7, 11) is 0. The summed E-state index contributed by atoms with van der Waals surface area (Å²) in [6.07, 6.45) is 1.00. The van der Waals surface area contributed by atoms with Crippen molar-refractivity contribution in [3.05, 3.63) is 29.0 Å². The zero-order valence-corrected chi connectivity index (χ0v) is 10.8. The second kappa shape index (κ2) is 5.42. The third-order valence-electron chi connectivity index (χ3n) is 2.22. The third-order valence-corrected chi connectivity index (χ3v) is 3.04. The fourth-order valence-electron chi connectivity index (χ4n) is 1.38. The van der Waals surface area contributed by atoms with Crippen molar-refractivity contribution >= 4 is 29.1 Å². The van der Waals surface area contributed by atoms with Gasteiger partial charge in [-0.3, -0.25) is 0 Å². The predicted octanol–water partition coefficient (Wildman–Crippen LogP) is 3.82. The van der Waals surface area contributed by atoms with Crippen molar-refractivity contribution in [3.8, 4) is 11.3 Å². The highest BCUT2D eigenvalue weighted by molar-refractivity contribution is 6.99. The molecule has 0 saturated heterocycles. The van der Waals surface area contributed by atoms with Crippen LogP contribution >= 0.6 is 23.3 Å². The first-order chi connectivity index (χ1) is 8.22. The van der Waals surface area contributed by atoms with Crippen LogP contribution < -0.4 is 5.32 Å². The number of halogens is 2. The van der Waals surface area contributed by atoms with E-state index < -0.39 is 5.82 Å². The van der Waals surface area contributed by atoms with Crippen LogP contribution in [-0.2, 0) is 0 Å². The molecule has 6 heteroatoms. The lowest BCUT2D eigenvalue weighted by Crippen LogP contribution is -2.01. The first-order valence-electron chi connectivity index (χ1n) is 5.24. The van der Waals surface area contributed by atoms with E-state index in [4.69, 9.17) is 11.6 Å². The van der Waals surface area contributed by atoms with E-state index >= 15 is 0 Å². The molecule has 0 aliphatic heterocycles. The Labute approximate surface area is 108 Å². The second-order valence-electron chi connectivity index (χ2n) is 3.52. The Morgan fingerprint density at radius 1 is 1.41 bits per heavy atom. The molecule has 1 N–H and O–H groups in total. The maximum absolute atomic E-state index is 13.1. The van der Waals surface area contributed by atoms with Crippen molar-refractivity contribution in [1.82, 2.24) is 8.75 Å². The number of nitrogens with one attached hydrogen (secondary N) is 1. The third kappa shape index (κ3) is 2.73. The quantitative estimate of drug-likeness (QED) is 0.919. The molecule has 0 aliphatic rings. The lowest BCUT2D eigenvalue weighted by molar-refractivity contribution is 0.628. The van der Waals surface area contributed by atoms with E-state index in [2.05, 4.69) is 21.0 Å². The number of hydrogen-bond acceptors (Lipinski definition) is 4. The normalized spacial score (nSPS) is 10.5. The highest BCUT2D eigenvalue weighted by Gasteiger charge is 2.11. The molecule has 2 aromatic rings. The number of hydrogen-bond donors (Lipinski definition) is 1. The van der Waals surface area contributed by atoms with Gasteiger partial charge in [0, 0.05) is 12.1 Å². The molecule has 90 valence electrons. The number of rotatable bonds is 4. The van der Waals surface area contributed by atoms with E-state index in [0.717, 1.165) is 36.1 Å². The summed E-state index contributed by atoms with van der Waals surface area (Å²) in [5, 5.41) is 3.27. The van der Waals surface area contributed by atoms with Crippen molar-refractivity contribution in [2.24, 2.45) is 0 Å². The minimum Gasteiger partial charge on any atom is -0.367 e. The number of benzene rings is 1. The van der Waals surface area contributed by atoms with Crippen LogP contribution in [0.15, 0.2) is 18.2 Å². The minimum absolute atomic E-state index is 0.0944. The van der Waals surface area contributed by atoms with Gasteiger partial charge in [-0.15, -0.1) is 0 Å². The van der Waals surface area contributed by atoms with Gasteiger partial charge in [0.15, 0.2) is 5.82 Å². The molecule has 2 rings (SSSR count). The molecule has 0 unspecified atom stereocenters. The van der Waals surface area contributed by atoms with E-state index in [0.29, 0.717) is 5.69 Å². The zero-order valence-electron chi connectivity index (χ0n) is 9.20. The number of anilines is 1. The lowest BCUT2D eigenvalue weighted by atomic mass is 10.1. The van der Waals surface area contributed by atoms with Crippen LogP contribution in [0.5, 0.6) is 0 Å². The molecule has 0 bridgehead atoms. The summed E-state index contributed by atoms with van der Waals surface area (Å²) in [6.45, 7) is 2.90. The summed E-state index contributed by atoms with van der Waals surface area (Å²) in [6, 6.07) is 4.54. The number of nitrogens with zero attached hydrogens (tertiary/aromatic N) is 2. The first-order valence-corrected chi connectivity index (χ1v) is 6.35. The van der Waals surface area contributed by atoms with Gasteiger partial charge in [0.1, 0.15) is 11.5 Å². The molecular formula is C11H11ClFN3S. The van der Waals surface area contributed by atoms with Crippen LogP contribution in [-0.4, -0.2) is 15.3 Å². The minimum atomic E-state index is -0.429. The topological polar surface area (TPSA) is 37.8 Å². The Morgan fingerprint density at radius 2 is 2.24 bits per heavy atom. The second-order valence-corrected chi connectivity index (χ2v) is 4.45. The van der Waals surface area contributed by atoms with Gasteiger partial charge < -0.3 is 5.32 Å². The van der Waals surface area contributed by atoms with Crippen molar-refractivity contribution < 1.29 is 4.39 Å². The van der Waals surface area contributed by atoms with Crippen LogP contribution in [0.2, 0.25) is 5.02 Å². The summed E-state index contributed by atoms with van der Waals surface area (Å²) in [4.78, 5) is 0. The Bertz CT molecular complexity index is 515. The Kier molecular flexibility index (Phi) is 3.91. The Morgan fingerprint density at radius 3 is 2.94 bits per heavy atom. The van der Waals surface area contributed by atoms with E-state index in [1.54, 1.807) is 12.1 Å². The summed E-state index contributed by atoms with van der Waals surface area (Å²) in [5.41, 5.74) is 1.48. The fourth-order valence-corrected chi connectivity index (χ4v) is 2.11. The van der Waals surface area contributed by atoms with Gasteiger partial charge in [-0.05, 0) is 24.6 Å². The van der Waals surface area contributed by atoms with Crippen molar-refractivity contribution in [1.29, 1.82) is 0 Å². The van der Waals surface area contributed by atoms with E-state index in [-0.39, 0.29) is 5.02 Å². The van der Waals surface area contributed by atoms with Crippen LogP contribution in [0.4, 0.5) is 10.2 Å². The van der Waals surface area contributed by atoms with Crippen LogP contribution in [0, 0.1) is 5.82 Å². The fraction of sp³-hybridized carbons (Fsp3) is 0.273. The van der Waals surface area contributed by atoms with Gasteiger partial charge in [0.05, 0.1) is 16.8 Å². The van der Waals surface area contributed by atoms with Gasteiger partial charge in [0.25, 0.3) is 0 Å². The molecule has 1 aromatic carbocycles. The molecule has 0 atom stereocenters. The summed E-state index contributed by atoms with van der Waals surface area (Å²) < 4.78 is 21.4. The molecule has 0 spiro atoms. The molecule has 1 heterocycles. The number of aromatic nitrogens is 2. The van der Waals surface area contributed by atoms with Gasteiger partial charge in [-0.2, -0.15) is 8.75 Å². The van der Waals surface area contributed by atoms with E-state index in [1.807, 2.05) is 0 Å². The molecule has 0 aliphatic carbocycles. The van der Waals surface area contributed by atoms with Crippen molar-refractivity contribution in [2.45, 2.75) is 13.3 Å². The van der Waals surface area contributed by atoms with Crippen molar-refractivity contribution in [2.75, 3.05) is 11.9 Å². The van der Waals surface area contributed by atoms with E-state index in [1.165, 1.54) is 6.07 Å². The molecular weight excluding hydrogens is 261 g/mol. The van der Waals surface area contributed by atoms with Crippen LogP contribution in [0.25, 0.3) is 11.3 Å². The SMILES string of the molecule is CCCNc1nsnc1-c1ccc(F)c(Cl)c1. The predicted molar refractivity (Wildman–Crippen MR) is 69.1 cm³/mol. The Balaban J connectivity index is 2.32. The smallest absolute Gasteiger partial charge is 0.168 e.